The lowest BCUT2D eigenvalue weighted by Gasteiger charge is -2.04. The molecule has 0 aliphatic carbocycles. The third kappa shape index (κ3) is 5.28. The van der Waals surface area contributed by atoms with Crippen molar-refractivity contribution in [2.24, 2.45) is 11.5 Å². The van der Waals surface area contributed by atoms with E-state index < -0.39 is 0 Å². The minimum absolute atomic E-state index is 0.439. The summed E-state index contributed by atoms with van der Waals surface area (Å²) in [6.07, 6.45) is 0. The molecule has 2 rings (SSSR count). The van der Waals surface area contributed by atoms with E-state index >= 15 is 0 Å². The number of hydrogen-bond donors (Lipinski definition) is 2. The molecule has 0 saturated carbocycles. The molecule has 0 aliphatic heterocycles. The standard InChI is InChI=1S/C16H16N2S4/c17-15(19)13-5-1-11(2-6-13)9-21-22-10-12-3-7-14(8-4-12)16(18)20/h1-8H,9-10H2,(H2,17,19)(H2,18,20). The zero-order valence-corrected chi connectivity index (χ0v) is 15.1. The Bertz CT molecular complexity index is 591. The van der Waals surface area contributed by atoms with Crippen LogP contribution in [0.15, 0.2) is 48.5 Å². The minimum atomic E-state index is 0.439. The van der Waals surface area contributed by atoms with Crippen molar-refractivity contribution in [3.63, 3.8) is 0 Å². The maximum absolute atomic E-state index is 5.59. The number of thiocarbonyl (C=S) groups is 2. The van der Waals surface area contributed by atoms with Gasteiger partial charge in [-0.1, -0.05) is 94.6 Å². The van der Waals surface area contributed by atoms with E-state index in [2.05, 4.69) is 24.3 Å². The van der Waals surface area contributed by atoms with E-state index in [-0.39, 0.29) is 0 Å². The molecule has 2 aromatic rings. The van der Waals surface area contributed by atoms with Crippen LogP contribution in [0.25, 0.3) is 0 Å². The molecule has 0 radical (unpaired) electrons. The summed E-state index contributed by atoms with van der Waals surface area (Å²) in [6.45, 7) is 0. The summed E-state index contributed by atoms with van der Waals surface area (Å²) in [6, 6.07) is 16.2. The molecule has 0 aliphatic rings. The first-order chi connectivity index (χ1) is 10.6. The Kier molecular flexibility index (Phi) is 6.70. The first-order valence-electron chi connectivity index (χ1n) is 6.58. The molecular formula is C16H16N2S4. The van der Waals surface area contributed by atoms with Crippen molar-refractivity contribution in [1.82, 2.24) is 0 Å². The molecule has 0 unspecified atom stereocenters. The molecule has 0 amide bonds. The highest BCUT2D eigenvalue weighted by atomic mass is 33.1. The van der Waals surface area contributed by atoms with Crippen LogP contribution in [0.2, 0.25) is 0 Å². The van der Waals surface area contributed by atoms with Gasteiger partial charge in [-0.2, -0.15) is 0 Å². The molecule has 0 bridgehead atoms. The largest absolute Gasteiger partial charge is 0.389 e. The van der Waals surface area contributed by atoms with Gasteiger partial charge in [0.25, 0.3) is 0 Å². The average molecular weight is 365 g/mol. The van der Waals surface area contributed by atoms with E-state index in [1.807, 2.05) is 45.9 Å². The molecular weight excluding hydrogens is 348 g/mol. The summed E-state index contributed by atoms with van der Waals surface area (Å²) in [5, 5.41) is 0. The lowest BCUT2D eigenvalue weighted by Crippen LogP contribution is -2.08. The molecule has 0 fully saturated rings. The number of benzene rings is 2. The predicted molar refractivity (Wildman–Crippen MR) is 107 cm³/mol. The molecule has 0 aromatic heterocycles. The van der Waals surface area contributed by atoms with Crippen LogP contribution in [0, 0.1) is 0 Å². The summed E-state index contributed by atoms with van der Waals surface area (Å²) in [5.74, 6) is 1.90. The Labute approximate surface area is 149 Å². The van der Waals surface area contributed by atoms with E-state index in [0.29, 0.717) is 9.98 Å². The Morgan fingerprint density at radius 3 is 1.27 bits per heavy atom. The fraction of sp³-hybridized carbons (Fsp3) is 0.125. The smallest absolute Gasteiger partial charge is 0.103 e. The van der Waals surface area contributed by atoms with E-state index in [4.69, 9.17) is 35.9 Å². The van der Waals surface area contributed by atoms with Gasteiger partial charge in [-0.25, -0.2) is 0 Å². The Morgan fingerprint density at radius 2 is 1.00 bits per heavy atom. The third-order valence-corrected chi connectivity index (χ3v) is 5.76. The van der Waals surface area contributed by atoms with Crippen LogP contribution in [-0.4, -0.2) is 9.98 Å². The van der Waals surface area contributed by atoms with Gasteiger partial charge in [0, 0.05) is 22.6 Å². The van der Waals surface area contributed by atoms with Gasteiger partial charge in [0.1, 0.15) is 9.98 Å². The number of rotatable bonds is 7. The first-order valence-corrected chi connectivity index (χ1v) is 9.88. The molecule has 6 heteroatoms. The topological polar surface area (TPSA) is 52.0 Å². The maximum Gasteiger partial charge on any atom is 0.103 e. The zero-order valence-electron chi connectivity index (χ0n) is 11.8. The SMILES string of the molecule is NC(=S)c1ccc(CSSCc2ccc(C(N)=S)cc2)cc1. The molecule has 0 heterocycles. The highest BCUT2D eigenvalue weighted by Crippen LogP contribution is 2.29. The van der Waals surface area contributed by atoms with Crippen LogP contribution in [0.5, 0.6) is 0 Å². The van der Waals surface area contributed by atoms with Crippen LogP contribution in [0.3, 0.4) is 0 Å². The van der Waals surface area contributed by atoms with Gasteiger partial charge >= 0.3 is 0 Å². The van der Waals surface area contributed by atoms with Crippen molar-refractivity contribution < 1.29 is 0 Å². The lowest BCUT2D eigenvalue weighted by molar-refractivity contribution is 1.41. The van der Waals surface area contributed by atoms with Crippen molar-refractivity contribution >= 4 is 56.0 Å². The molecule has 4 N–H and O–H groups in total. The van der Waals surface area contributed by atoms with Gasteiger partial charge in [-0.3, -0.25) is 0 Å². The van der Waals surface area contributed by atoms with Gasteiger partial charge in [0.15, 0.2) is 0 Å². The van der Waals surface area contributed by atoms with Crippen LogP contribution < -0.4 is 11.5 Å². The minimum Gasteiger partial charge on any atom is -0.389 e. The van der Waals surface area contributed by atoms with Gasteiger partial charge < -0.3 is 11.5 Å². The van der Waals surface area contributed by atoms with E-state index in [1.165, 1.54) is 11.1 Å². The lowest BCUT2D eigenvalue weighted by atomic mass is 10.1. The fourth-order valence-electron chi connectivity index (χ4n) is 1.75. The monoisotopic (exact) mass is 364 g/mol. The summed E-state index contributed by atoms with van der Waals surface area (Å²) in [7, 11) is 3.66. The molecule has 2 aromatic carbocycles. The van der Waals surface area contributed by atoms with Gasteiger partial charge in [-0.15, -0.1) is 0 Å². The summed E-state index contributed by atoms with van der Waals surface area (Å²) < 4.78 is 0. The van der Waals surface area contributed by atoms with Crippen molar-refractivity contribution in [2.75, 3.05) is 0 Å². The van der Waals surface area contributed by atoms with Gasteiger partial charge in [-0.05, 0) is 11.1 Å². The van der Waals surface area contributed by atoms with E-state index in [1.54, 1.807) is 0 Å². The fourth-order valence-corrected chi connectivity index (χ4v) is 4.16. The quantitative estimate of drug-likeness (QED) is 0.439. The van der Waals surface area contributed by atoms with Crippen LogP contribution in [0.4, 0.5) is 0 Å². The molecule has 0 atom stereocenters. The Hall–Kier alpha value is -1.08. The molecule has 22 heavy (non-hydrogen) atoms. The van der Waals surface area contributed by atoms with Crippen molar-refractivity contribution in [3.05, 3.63) is 70.8 Å². The molecule has 114 valence electrons. The van der Waals surface area contributed by atoms with Crippen molar-refractivity contribution in [2.45, 2.75) is 11.5 Å². The molecule has 0 spiro atoms. The van der Waals surface area contributed by atoms with E-state index in [0.717, 1.165) is 22.6 Å². The second-order valence-electron chi connectivity index (χ2n) is 4.65. The number of hydrogen-bond acceptors (Lipinski definition) is 4. The maximum atomic E-state index is 5.59. The van der Waals surface area contributed by atoms with Crippen molar-refractivity contribution in [1.29, 1.82) is 0 Å². The Morgan fingerprint density at radius 1 is 0.682 bits per heavy atom. The highest BCUT2D eigenvalue weighted by molar-refractivity contribution is 8.76. The summed E-state index contributed by atoms with van der Waals surface area (Å²) in [4.78, 5) is 0.878. The first kappa shape index (κ1) is 17.3. The predicted octanol–water partition coefficient (Wildman–Crippen LogP) is 4.04. The van der Waals surface area contributed by atoms with Crippen LogP contribution in [-0.2, 0) is 11.5 Å². The average Bonchev–Trinajstić information content (AvgIpc) is 2.52. The molecule has 2 nitrogen and oxygen atoms in total. The Balaban J connectivity index is 1.77. The van der Waals surface area contributed by atoms with Crippen LogP contribution in [0.1, 0.15) is 22.3 Å². The van der Waals surface area contributed by atoms with E-state index in [9.17, 15) is 0 Å². The highest BCUT2D eigenvalue weighted by Gasteiger charge is 2.00. The number of nitrogens with two attached hydrogens (primary N) is 2. The second kappa shape index (κ2) is 8.53. The van der Waals surface area contributed by atoms with Gasteiger partial charge in [0.05, 0.1) is 0 Å². The summed E-state index contributed by atoms with van der Waals surface area (Å²) >= 11 is 9.89. The zero-order chi connectivity index (χ0) is 15.9. The van der Waals surface area contributed by atoms with Crippen molar-refractivity contribution in [3.8, 4) is 0 Å². The molecule has 0 saturated heterocycles. The second-order valence-corrected chi connectivity index (χ2v) is 7.99. The van der Waals surface area contributed by atoms with Crippen LogP contribution >= 0.6 is 46.0 Å². The normalized spacial score (nSPS) is 10.4. The summed E-state index contributed by atoms with van der Waals surface area (Å²) in [5.41, 5.74) is 15.5. The third-order valence-electron chi connectivity index (χ3n) is 3.01. The van der Waals surface area contributed by atoms with Gasteiger partial charge in [0.2, 0.25) is 0 Å².